The van der Waals surface area contributed by atoms with Gasteiger partial charge in [0.25, 0.3) is 0 Å². The number of anilines is 1. The average Bonchev–Trinajstić information content (AvgIpc) is 2.87. The molecule has 2 aromatic rings. The zero-order chi connectivity index (χ0) is 11.2. The van der Waals surface area contributed by atoms with Crippen LogP contribution in [0.25, 0.3) is 11.2 Å². The van der Waals surface area contributed by atoms with Gasteiger partial charge in [0.15, 0.2) is 11.5 Å². The second-order valence-corrected chi connectivity index (χ2v) is 4.34. The standard InChI is InChI=1S/C9H10ClN5O/c10-8-13-6-5(11-4-12-6)7(14-8)15-9(3-16)1-2-9/h4,16H,1-3H2,(H2,11,12,13,14,15). The Kier molecular flexibility index (Phi) is 2.02. The van der Waals surface area contributed by atoms with Crippen LogP contribution in [0.1, 0.15) is 12.8 Å². The maximum Gasteiger partial charge on any atom is 0.226 e. The van der Waals surface area contributed by atoms with Gasteiger partial charge in [-0.15, -0.1) is 0 Å². The van der Waals surface area contributed by atoms with Crippen molar-refractivity contribution in [3.63, 3.8) is 0 Å². The average molecular weight is 240 g/mol. The molecule has 1 fully saturated rings. The van der Waals surface area contributed by atoms with Crippen molar-refractivity contribution >= 4 is 28.6 Å². The Balaban J connectivity index is 2.05. The summed E-state index contributed by atoms with van der Waals surface area (Å²) in [7, 11) is 0. The van der Waals surface area contributed by atoms with Gasteiger partial charge in [-0.2, -0.15) is 9.97 Å². The number of nitrogens with one attached hydrogen (secondary N) is 2. The van der Waals surface area contributed by atoms with E-state index in [0.717, 1.165) is 12.8 Å². The summed E-state index contributed by atoms with van der Waals surface area (Å²) in [6.45, 7) is 0.0876. The lowest BCUT2D eigenvalue weighted by atomic mass is 10.3. The maximum atomic E-state index is 9.25. The lowest BCUT2D eigenvalue weighted by molar-refractivity contribution is 0.266. The van der Waals surface area contributed by atoms with Crippen LogP contribution in [0.2, 0.25) is 5.28 Å². The van der Waals surface area contributed by atoms with E-state index < -0.39 is 0 Å². The minimum absolute atomic E-state index is 0.0876. The number of fused-ring (bicyclic) bond motifs is 1. The number of hydrogen-bond donors (Lipinski definition) is 3. The molecule has 0 spiro atoms. The Labute approximate surface area is 96.1 Å². The van der Waals surface area contributed by atoms with Crippen LogP contribution < -0.4 is 5.32 Å². The number of imidazole rings is 1. The summed E-state index contributed by atoms with van der Waals surface area (Å²) in [4.78, 5) is 15.1. The number of halogens is 1. The molecule has 0 saturated heterocycles. The molecule has 0 aliphatic heterocycles. The molecule has 3 rings (SSSR count). The van der Waals surface area contributed by atoms with Crippen LogP contribution in [0.4, 0.5) is 5.82 Å². The topological polar surface area (TPSA) is 86.7 Å². The summed E-state index contributed by atoms with van der Waals surface area (Å²) in [5.74, 6) is 0.596. The summed E-state index contributed by atoms with van der Waals surface area (Å²) < 4.78 is 0. The molecule has 2 heterocycles. The van der Waals surface area contributed by atoms with Gasteiger partial charge in [-0.25, -0.2) is 4.98 Å². The lowest BCUT2D eigenvalue weighted by Gasteiger charge is -2.15. The molecule has 7 heteroatoms. The first kappa shape index (κ1) is 9.80. The number of aromatic amines is 1. The van der Waals surface area contributed by atoms with Crippen molar-refractivity contribution in [3.8, 4) is 0 Å². The summed E-state index contributed by atoms with van der Waals surface area (Å²) in [5.41, 5.74) is 0.996. The predicted molar refractivity (Wildman–Crippen MR) is 59.4 cm³/mol. The number of aliphatic hydroxyl groups excluding tert-OH is 1. The van der Waals surface area contributed by atoms with E-state index in [-0.39, 0.29) is 17.4 Å². The minimum atomic E-state index is -0.240. The minimum Gasteiger partial charge on any atom is -0.394 e. The number of rotatable bonds is 3. The van der Waals surface area contributed by atoms with Gasteiger partial charge in [-0.1, -0.05) is 0 Å². The first-order valence-electron chi connectivity index (χ1n) is 4.98. The lowest BCUT2D eigenvalue weighted by Crippen LogP contribution is -2.26. The van der Waals surface area contributed by atoms with E-state index in [1.165, 1.54) is 0 Å². The third kappa shape index (κ3) is 1.50. The molecule has 0 aromatic carbocycles. The molecule has 6 nitrogen and oxygen atoms in total. The largest absolute Gasteiger partial charge is 0.394 e. The van der Waals surface area contributed by atoms with Crippen LogP contribution in [0, 0.1) is 0 Å². The smallest absolute Gasteiger partial charge is 0.226 e. The van der Waals surface area contributed by atoms with Crippen LogP contribution in [0.15, 0.2) is 6.33 Å². The Morgan fingerprint density at radius 1 is 1.50 bits per heavy atom. The number of hydrogen-bond acceptors (Lipinski definition) is 5. The van der Waals surface area contributed by atoms with E-state index >= 15 is 0 Å². The molecular formula is C9H10ClN5O. The first-order valence-corrected chi connectivity index (χ1v) is 5.36. The molecule has 0 unspecified atom stereocenters. The summed E-state index contributed by atoms with van der Waals surface area (Å²) >= 11 is 5.79. The van der Waals surface area contributed by atoms with E-state index in [1.54, 1.807) is 6.33 Å². The van der Waals surface area contributed by atoms with Crippen molar-refractivity contribution < 1.29 is 5.11 Å². The van der Waals surface area contributed by atoms with Crippen molar-refractivity contribution in [3.05, 3.63) is 11.6 Å². The van der Waals surface area contributed by atoms with Gasteiger partial charge in [0.05, 0.1) is 18.5 Å². The zero-order valence-corrected chi connectivity index (χ0v) is 9.12. The Morgan fingerprint density at radius 3 is 3.00 bits per heavy atom. The van der Waals surface area contributed by atoms with Gasteiger partial charge in [-0.05, 0) is 24.4 Å². The van der Waals surface area contributed by atoms with Crippen LogP contribution in [-0.4, -0.2) is 37.2 Å². The summed E-state index contributed by atoms with van der Waals surface area (Å²) in [6.07, 6.45) is 3.40. The predicted octanol–water partition coefficient (Wildman–Crippen LogP) is 0.943. The number of aromatic nitrogens is 4. The van der Waals surface area contributed by atoms with Gasteiger partial charge in [-0.3, -0.25) is 0 Å². The van der Waals surface area contributed by atoms with E-state index in [4.69, 9.17) is 11.6 Å². The third-order valence-electron chi connectivity index (χ3n) is 2.80. The number of aliphatic hydroxyl groups is 1. The van der Waals surface area contributed by atoms with Crippen LogP contribution >= 0.6 is 11.6 Å². The van der Waals surface area contributed by atoms with Gasteiger partial charge in [0, 0.05) is 0 Å². The number of nitrogens with zero attached hydrogens (tertiary/aromatic N) is 3. The fourth-order valence-electron chi connectivity index (χ4n) is 1.62. The van der Waals surface area contributed by atoms with E-state index in [0.29, 0.717) is 17.0 Å². The van der Waals surface area contributed by atoms with Crippen molar-refractivity contribution in [1.82, 2.24) is 19.9 Å². The monoisotopic (exact) mass is 239 g/mol. The highest BCUT2D eigenvalue weighted by Gasteiger charge is 2.42. The van der Waals surface area contributed by atoms with E-state index in [1.807, 2.05) is 0 Å². The second kappa shape index (κ2) is 3.29. The molecule has 84 valence electrons. The molecule has 3 N–H and O–H groups in total. The maximum absolute atomic E-state index is 9.25. The fraction of sp³-hybridized carbons (Fsp3) is 0.444. The first-order chi connectivity index (χ1) is 7.72. The fourth-order valence-corrected chi connectivity index (χ4v) is 1.79. The third-order valence-corrected chi connectivity index (χ3v) is 2.97. The second-order valence-electron chi connectivity index (χ2n) is 4.01. The highest BCUT2D eigenvalue weighted by molar-refractivity contribution is 6.28. The van der Waals surface area contributed by atoms with Crippen molar-refractivity contribution in [1.29, 1.82) is 0 Å². The van der Waals surface area contributed by atoms with Gasteiger partial charge in [0.2, 0.25) is 5.28 Å². The van der Waals surface area contributed by atoms with Crippen LogP contribution in [-0.2, 0) is 0 Å². The SMILES string of the molecule is OCC1(Nc2nc(Cl)nc3nc[nH]c23)CC1. The molecule has 0 amide bonds. The molecular weight excluding hydrogens is 230 g/mol. The molecule has 1 saturated carbocycles. The molecule has 1 aliphatic rings. The highest BCUT2D eigenvalue weighted by atomic mass is 35.5. The van der Waals surface area contributed by atoms with E-state index in [9.17, 15) is 5.11 Å². The molecule has 2 aromatic heterocycles. The van der Waals surface area contributed by atoms with Crippen molar-refractivity contribution in [2.24, 2.45) is 0 Å². The summed E-state index contributed by atoms with van der Waals surface area (Å²) in [6, 6.07) is 0. The van der Waals surface area contributed by atoms with E-state index in [2.05, 4.69) is 25.3 Å². The molecule has 0 bridgehead atoms. The van der Waals surface area contributed by atoms with Gasteiger partial charge in [0.1, 0.15) is 5.52 Å². The number of H-pyrrole nitrogens is 1. The zero-order valence-electron chi connectivity index (χ0n) is 8.37. The Hall–Kier alpha value is -1.40. The van der Waals surface area contributed by atoms with Crippen LogP contribution in [0.3, 0.4) is 0 Å². The Bertz CT molecular complexity index is 536. The van der Waals surface area contributed by atoms with Crippen molar-refractivity contribution in [2.45, 2.75) is 18.4 Å². The molecule has 1 aliphatic carbocycles. The highest BCUT2D eigenvalue weighted by Crippen LogP contribution is 2.39. The van der Waals surface area contributed by atoms with Gasteiger partial charge >= 0.3 is 0 Å². The molecule has 0 radical (unpaired) electrons. The van der Waals surface area contributed by atoms with Crippen LogP contribution in [0.5, 0.6) is 0 Å². The normalized spacial score (nSPS) is 17.6. The van der Waals surface area contributed by atoms with Gasteiger partial charge < -0.3 is 15.4 Å². The molecule has 0 atom stereocenters. The quantitative estimate of drug-likeness (QED) is 0.694. The van der Waals surface area contributed by atoms with Crippen molar-refractivity contribution in [2.75, 3.05) is 11.9 Å². The Morgan fingerprint density at radius 2 is 2.31 bits per heavy atom. The summed E-state index contributed by atoms with van der Waals surface area (Å²) in [5, 5.41) is 12.6. The molecule has 16 heavy (non-hydrogen) atoms.